The van der Waals surface area contributed by atoms with Crippen molar-refractivity contribution in [3.63, 3.8) is 0 Å². The number of carbonyl (C=O) groups is 1. The van der Waals surface area contributed by atoms with Crippen molar-refractivity contribution in [3.8, 4) is 11.5 Å². The smallest absolute Gasteiger partial charge is 0.224 e. The summed E-state index contributed by atoms with van der Waals surface area (Å²) in [6.45, 7) is 6.44. The molecule has 0 aromatic heterocycles. The van der Waals surface area contributed by atoms with E-state index < -0.39 is 0 Å². The van der Waals surface area contributed by atoms with Gasteiger partial charge < -0.3 is 14.8 Å². The van der Waals surface area contributed by atoms with Gasteiger partial charge in [0.25, 0.3) is 0 Å². The molecule has 2 rings (SSSR count). The highest BCUT2D eigenvalue weighted by Gasteiger charge is 2.10. The Kier molecular flexibility index (Phi) is 6.24. The second-order valence-corrected chi connectivity index (χ2v) is 6.06. The summed E-state index contributed by atoms with van der Waals surface area (Å²) < 4.78 is 10.8. The third-order valence-corrected chi connectivity index (χ3v) is 3.82. The number of benzene rings is 2. The highest BCUT2D eigenvalue weighted by Crippen LogP contribution is 2.17. The van der Waals surface area contributed by atoms with Gasteiger partial charge in [0, 0.05) is 0 Å². The van der Waals surface area contributed by atoms with Crippen LogP contribution in [0, 0.1) is 13.8 Å². The quantitative estimate of drug-likeness (QED) is 0.847. The molecule has 2 aromatic carbocycles. The van der Waals surface area contributed by atoms with Gasteiger partial charge in [0.2, 0.25) is 5.91 Å². The van der Waals surface area contributed by atoms with Gasteiger partial charge in [0.1, 0.15) is 18.1 Å². The minimum absolute atomic E-state index is 0.00721. The van der Waals surface area contributed by atoms with Gasteiger partial charge in [-0.3, -0.25) is 4.79 Å². The van der Waals surface area contributed by atoms with Crippen molar-refractivity contribution in [2.75, 3.05) is 13.7 Å². The second kappa shape index (κ2) is 8.39. The van der Waals surface area contributed by atoms with E-state index in [1.54, 1.807) is 7.11 Å². The molecule has 128 valence electrons. The van der Waals surface area contributed by atoms with Crippen LogP contribution in [0.15, 0.2) is 42.5 Å². The van der Waals surface area contributed by atoms with Crippen molar-refractivity contribution >= 4 is 5.91 Å². The van der Waals surface area contributed by atoms with Crippen LogP contribution in [-0.2, 0) is 11.2 Å². The highest BCUT2D eigenvalue weighted by atomic mass is 16.5. The zero-order valence-corrected chi connectivity index (χ0v) is 14.8. The Balaban J connectivity index is 1.80. The molecule has 0 spiro atoms. The number of aryl methyl sites for hydroxylation is 2. The minimum Gasteiger partial charge on any atom is -0.497 e. The monoisotopic (exact) mass is 327 g/mol. The Labute approximate surface area is 143 Å². The molecule has 2 aromatic rings. The number of ether oxygens (including phenoxy) is 2. The third kappa shape index (κ3) is 5.30. The average Bonchev–Trinajstić information content (AvgIpc) is 2.56. The summed E-state index contributed by atoms with van der Waals surface area (Å²) in [4.78, 5) is 12.2. The van der Waals surface area contributed by atoms with Gasteiger partial charge in [-0.05, 0) is 56.2 Å². The number of amides is 1. The summed E-state index contributed by atoms with van der Waals surface area (Å²) in [7, 11) is 1.63. The van der Waals surface area contributed by atoms with Gasteiger partial charge >= 0.3 is 0 Å². The van der Waals surface area contributed by atoms with E-state index in [9.17, 15) is 4.79 Å². The zero-order valence-electron chi connectivity index (χ0n) is 14.8. The number of hydrogen-bond donors (Lipinski definition) is 1. The van der Waals surface area contributed by atoms with E-state index in [0.29, 0.717) is 13.0 Å². The first-order chi connectivity index (χ1) is 11.5. The van der Waals surface area contributed by atoms with E-state index in [4.69, 9.17) is 9.47 Å². The first-order valence-electron chi connectivity index (χ1n) is 8.10. The molecule has 1 N–H and O–H groups in total. The average molecular weight is 327 g/mol. The molecule has 0 radical (unpaired) electrons. The lowest BCUT2D eigenvalue weighted by atomic mass is 10.0. The molecule has 1 amide bonds. The molecule has 4 heteroatoms. The maximum Gasteiger partial charge on any atom is 0.224 e. The van der Waals surface area contributed by atoms with Gasteiger partial charge in [-0.1, -0.05) is 23.8 Å². The zero-order chi connectivity index (χ0) is 17.5. The maximum absolute atomic E-state index is 12.2. The number of rotatable bonds is 7. The topological polar surface area (TPSA) is 47.6 Å². The SMILES string of the molecule is COc1ccc(OC[C@@H](C)NC(=O)Cc2ccc(C)cc2C)cc1. The van der Waals surface area contributed by atoms with Gasteiger partial charge in [-0.25, -0.2) is 0 Å². The van der Waals surface area contributed by atoms with Crippen LogP contribution >= 0.6 is 0 Å². The van der Waals surface area contributed by atoms with Gasteiger partial charge in [-0.2, -0.15) is 0 Å². The third-order valence-electron chi connectivity index (χ3n) is 3.82. The largest absolute Gasteiger partial charge is 0.497 e. The molecule has 0 aliphatic heterocycles. The van der Waals surface area contributed by atoms with Crippen LogP contribution in [0.5, 0.6) is 11.5 Å². The first-order valence-corrected chi connectivity index (χ1v) is 8.10. The van der Waals surface area contributed by atoms with E-state index in [2.05, 4.69) is 18.3 Å². The van der Waals surface area contributed by atoms with Crippen LogP contribution in [0.2, 0.25) is 0 Å². The molecule has 0 saturated carbocycles. The summed E-state index contributed by atoms with van der Waals surface area (Å²) >= 11 is 0. The Bertz CT molecular complexity index is 680. The molecular formula is C20H25NO3. The lowest BCUT2D eigenvalue weighted by Gasteiger charge is -2.16. The van der Waals surface area contributed by atoms with E-state index in [0.717, 1.165) is 22.6 Å². The fourth-order valence-corrected chi connectivity index (χ4v) is 2.48. The van der Waals surface area contributed by atoms with Crippen LogP contribution < -0.4 is 14.8 Å². The van der Waals surface area contributed by atoms with Crippen molar-refractivity contribution < 1.29 is 14.3 Å². The fourth-order valence-electron chi connectivity index (χ4n) is 2.48. The summed E-state index contributed by atoms with van der Waals surface area (Å²) in [5.41, 5.74) is 3.41. The van der Waals surface area contributed by atoms with Crippen molar-refractivity contribution in [1.82, 2.24) is 5.32 Å². The number of nitrogens with one attached hydrogen (secondary N) is 1. The lowest BCUT2D eigenvalue weighted by Crippen LogP contribution is -2.37. The summed E-state index contributed by atoms with van der Waals surface area (Å²) in [6, 6.07) is 13.5. The maximum atomic E-state index is 12.2. The van der Waals surface area contributed by atoms with Gasteiger partial charge in [-0.15, -0.1) is 0 Å². The van der Waals surface area contributed by atoms with Crippen LogP contribution in [0.1, 0.15) is 23.6 Å². The number of methoxy groups -OCH3 is 1. The van der Waals surface area contributed by atoms with Crippen LogP contribution in [0.4, 0.5) is 0 Å². The van der Waals surface area contributed by atoms with E-state index in [1.807, 2.05) is 50.2 Å². The Morgan fingerprint density at radius 1 is 1.08 bits per heavy atom. The Hall–Kier alpha value is -2.49. The summed E-state index contributed by atoms with van der Waals surface area (Å²) in [5, 5.41) is 2.97. The Morgan fingerprint density at radius 3 is 2.38 bits per heavy atom. The molecule has 0 saturated heterocycles. The van der Waals surface area contributed by atoms with Crippen LogP contribution in [0.3, 0.4) is 0 Å². The second-order valence-electron chi connectivity index (χ2n) is 6.06. The standard InChI is InChI=1S/C20H25NO3/c1-14-5-6-17(15(2)11-14)12-20(22)21-16(3)13-24-19-9-7-18(23-4)8-10-19/h5-11,16H,12-13H2,1-4H3,(H,21,22)/t16-/m1/s1. The molecule has 1 atom stereocenters. The fraction of sp³-hybridized carbons (Fsp3) is 0.350. The molecule has 0 fully saturated rings. The molecule has 4 nitrogen and oxygen atoms in total. The van der Waals surface area contributed by atoms with Gasteiger partial charge in [0.05, 0.1) is 19.6 Å². The normalized spacial score (nSPS) is 11.7. The first kappa shape index (κ1) is 17.9. The highest BCUT2D eigenvalue weighted by molar-refractivity contribution is 5.79. The molecule has 24 heavy (non-hydrogen) atoms. The summed E-state index contributed by atoms with van der Waals surface area (Å²) in [6.07, 6.45) is 0.388. The minimum atomic E-state index is -0.0645. The van der Waals surface area contributed by atoms with Crippen molar-refractivity contribution in [2.24, 2.45) is 0 Å². The molecule has 0 aliphatic rings. The van der Waals surface area contributed by atoms with Crippen molar-refractivity contribution in [1.29, 1.82) is 0 Å². The van der Waals surface area contributed by atoms with E-state index >= 15 is 0 Å². The molecule has 0 aliphatic carbocycles. The lowest BCUT2D eigenvalue weighted by molar-refractivity contribution is -0.121. The van der Waals surface area contributed by atoms with Crippen LogP contribution in [0.25, 0.3) is 0 Å². The van der Waals surface area contributed by atoms with E-state index in [-0.39, 0.29) is 11.9 Å². The molecule has 0 bridgehead atoms. The molecule has 0 unspecified atom stereocenters. The van der Waals surface area contributed by atoms with Crippen molar-refractivity contribution in [2.45, 2.75) is 33.2 Å². The molecule has 0 heterocycles. The predicted molar refractivity (Wildman–Crippen MR) is 95.7 cm³/mol. The summed E-state index contributed by atoms with van der Waals surface area (Å²) in [5.74, 6) is 1.55. The van der Waals surface area contributed by atoms with Crippen molar-refractivity contribution in [3.05, 3.63) is 59.2 Å². The molecular weight excluding hydrogens is 302 g/mol. The predicted octanol–water partition coefficient (Wildman–Crippen LogP) is 3.44. The Morgan fingerprint density at radius 2 is 1.75 bits per heavy atom. The van der Waals surface area contributed by atoms with Crippen LogP contribution in [-0.4, -0.2) is 25.7 Å². The number of hydrogen-bond acceptors (Lipinski definition) is 3. The van der Waals surface area contributed by atoms with E-state index in [1.165, 1.54) is 5.56 Å². The number of carbonyl (C=O) groups excluding carboxylic acids is 1. The van der Waals surface area contributed by atoms with Gasteiger partial charge in [0.15, 0.2) is 0 Å².